The van der Waals surface area contributed by atoms with Crippen molar-refractivity contribution in [3.8, 4) is 0 Å². The van der Waals surface area contributed by atoms with Crippen molar-refractivity contribution in [3.05, 3.63) is 94.8 Å². The molecule has 0 spiro atoms. The maximum Gasteiger partial charge on any atom is 0.264 e. The van der Waals surface area contributed by atoms with E-state index in [1.807, 2.05) is 26.8 Å². The van der Waals surface area contributed by atoms with Gasteiger partial charge in [0.1, 0.15) is 18.4 Å². The van der Waals surface area contributed by atoms with Crippen LogP contribution in [0.1, 0.15) is 55.4 Å². The molecule has 1 unspecified atom stereocenters. The van der Waals surface area contributed by atoms with Crippen LogP contribution in [-0.4, -0.2) is 44.3 Å². The first-order chi connectivity index (χ1) is 19.5. The molecule has 0 fully saturated rings. The summed E-state index contributed by atoms with van der Waals surface area (Å²) in [7, 11) is -4.15. The molecular weight excluding hydrogens is 541 g/mol. The number of amides is 2. The molecule has 3 aromatic rings. The molecule has 0 heterocycles. The third-order valence-corrected chi connectivity index (χ3v) is 8.76. The van der Waals surface area contributed by atoms with E-state index in [4.69, 9.17) is 0 Å². The number of unbranched alkanes of at least 4 members (excludes halogenated alkanes) is 1. The normalized spacial score (nSPS) is 12.0. The highest BCUT2D eigenvalue weighted by atomic mass is 32.2. The second-order valence-corrected chi connectivity index (χ2v) is 12.2. The lowest BCUT2D eigenvalue weighted by Crippen LogP contribution is -2.52. The molecule has 9 heteroatoms. The molecule has 0 aliphatic carbocycles. The van der Waals surface area contributed by atoms with Gasteiger partial charge in [-0.3, -0.25) is 13.9 Å². The fraction of sp³-hybridized carbons (Fsp3) is 0.375. The van der Waals surface area contributed by atoms with Crippen LogP contribution < -0.4 is 9.62 Å². The fourth-order valence-electron chi connectivity index (χ4n) is 4.65. The lowest BCUT2D eigenvalue weighted by Gasteiger charge is -2.33. The van der Waals surface area contributed by atoms with Gasteiger partial charge in [-0.2, -0.15) is 0 Å². The molecule has 0 saturated heterocycles. The zero-order valence-electron chi connectivity index (χ0n) is 24.5. The van der Waals surface area contributed by atoms with Crippen LogP contribution in [0.4, 0.5) is 10.1 Å². The second kappa shape index (κ2) is 14.3. The summed E-state index contributed by atoms with van der Waals surface area (Å²) in [6.07, 6.45) is 2.01. The molecule has 0 bridgehead atoms. The Morgan fingerprint density at radius 3 is 2.12 bits per heavy atom. The van der Waals surface area contributed by atoms with Gasteiger partial charge < -0.3 is 10.2 Å². The van der Waals surface area contributed by atoms with Crippen molar-refractivity contribution in [2.24, 2.45) is 0 Å². The number of nitrogens with zero attached hydrogens (tertiary/aromatic N) is 2. The van der Waals surface area contributed by atoms with Gasteiger partial charge >= 0.3 is 0 Å². The van der Waals surface area contributed by atoms with Crippen molar-refractivity contribution in [3.63, 3.8) is 0 Å². The molecule has 3 aromatic carbocycles. The van der Waals surface area contributed by atoms with E-state index in [1.54, 1.807) is 50.2 Å². The first-order valence-corrected chi connectivity index (χ1v) is 15.4. The standard InChI is InChI=1S/C32H40FN3O4S/c1-6-8-19-34-32(38)29(7-2)35(21-26-12-14-27(33)15-13-26)31(37)22-36(30-18-11-24(4)20-25(30)5)41(39,40)28-16-9-23(3)10-17-28/h9-18,20,29H,6-8,19,21-22H2,1-5H3,(H,34,38). The highest BCUT2D eigenvalue weighted by Gasteiger charge is 2.34. The first-order valence-electron chi connectivity index (χ1n) is 14.0. The predicted molar refractivity (Wildman–Crippen MR) is 161 cm³/mol. The van der Waals surface area contributed by atoms with Gasteiger partial charge in [0.15, 0.2) is 0 Å². The molecule has 0 radical (unpaired) electrons. The van der Waals surface area contributed by atoms with E-state index in [-0.39, 0.29) is 17.3 Å². The van der Waals surface area contributed by atoms with Gasteiger partial charge in [0.05, 0.1) is 10.6 Å². The number of anilines is 1. The van der Waals surface area contributed by atoms with Crippen molar-refractivity contribution >= 4 is 27.5 Å². The van der Waals surface area contributed by atoms with E-state index in [0.29, 0.717) is 29.8 Å². The molecule has 1 atom stereocenters. The summed E-state index contributed by atoms with van der Waals surface area (Å²) in [6.45, 7) is 9.38. The van der Waals surface area contributed by atoms with Crippen molar-refractivity contribution < 1.29 is 22.4 Å². The summed E-state index contributed by atoms with van der Waals surface area (Å²) < 4.78 is 42.8. The Morgan fingerprint density at radius 1 is 0.902 bits per heavy atom. The monoisotopic (exact) mass is 581 g/mol. The molecule has 0 aliphatic rings. The lowest BCUT2D eigenvalue weighted by molar-refractivity contribution is -0.140. The molecule has 41 heavy (non-hydrogen) atoms. The summed E-state index contributed by atoms with van der Waals surface area (Å²) in [5, 5.41) is 2.90. The number of sulfonamides is 1. The highest BCUT2D eigenvalue weighted by Crippen LogP contribution is 2.28. The minimum Gasteiger partial charge on any atom is -0.354 e. The van der Waals surface area contributed by atoms with E-state index in [2.05, 4.69) is 5.32 Å². The summed E-state index contributed by atoms with van der Waals surface area (Å²) in [5.74, 6) is -1.26. The zero-order chi connectivity index (χ0) is 30.2. The summed E-state index contributed by atoms with van der Waals surface area (Å²) in [4.78, 5) is 28.8. The van der Waals surface area contributed by atoms with E-state index < -0.39 is 34.3 Å². The number of halogens is 1. The van der Waals surface area contributed by atoms with E-state index in [9.17, 15) is 22.4 Å². The molecule has 0 saturated carbocycles. The van der Waals surface area contributed by atoms with Crippen LogP contribution in [0.25, 0.3) is 0 Å². The highest BCUT2D eigenvalue weighted by molar-refractivity contribution is 7.92. The molecule has 1 N–H and O–H groups in total. The lowest BCUT2D eigenvalue weighted by atomic mass is 10.1. The van der Waals surface area contributed by atoms with Gasteiger partial charge in [0.25, 0.3) is 10.0 Å². The second-order valence-electron chi connectivity index (χ2n) is 10.3. The number of rotatable bonds is 13. The molecule has 220 valence electrons. The van der Waals surface area contributed by atoms with Gasteiger partial charge in [-0.15, -0.1) is 0 Å². The number of carbonyl (C=O) groups is 2. The van der Waals surface area contributed by atoms with Gasteiger partial charge in [-0.05, 0) is 75.1 Å². The van der Waals surface area contributed by atoms with E-state index in [0.717, 1.165) is 28.3 Å². The summed E-state index contributed by atoms with van der Waals surface area (Å²) in [5.41, 5.74) is 3.56. The average molecular weight is 582 g/mol. The minimum absolute atomic E-state index is 0.0180. The Hall–Kier alpha value is -3.72. The number of nitrogens with one attached hydrogen (secondary N) is 1. The average Bonchev–Trinajstić information content (AvgIpc) is 2.93. The van der Waals surface area contributed by atoms with Gasteiger partial charge in [0, 0.05) is 13.1 Å². The van der Waals surface area contributed by atoms with Crippen LogP contribution in [-0.2, 0) is 26.2 Å². The Kier molecular flexibility index (Phi) is 11.1. The first kappa shape index (κ1) is 31.8. The van der Waals surface area contributed by atoms with Crippen LogP contribution >= 0.6 is 0 Å². The summed E-state index contributed by atoms with van der Waals surface area (Å²) in [6, 6.07) is 16.7. The van der Waals surface area contributed by atoms with Crippen molar-refractivity contribution in [2.45, 2.75) is 71.4 Å². The van der Waals surface area contributed by atoms with E-state index in [1.165, 1.54) is 29.2 Å². The molecule has 7 nitrogen and oxygen atoms in total. The van der Waals surface area contributed by atoms with E-state index >= 15 is 0 Å². The number of aryl methyl sites for hydroxylation is 3. The Morgan fingerprint density at radius 2 is 1.54 bits per heavy atom. The van der Waals surface area contributed by atoms with Gasteiger partial charge in [-0.1, -0.05) is 67.8 Å². The third-order valence-electron chi connectivity index (χ3n) is 6.99. The predicted octanol–water partition coefficient (Wildman–Crippen LogP) is 5.67. The Balaban J connectivity index is 2.06. The van der Waals surface area contributed by atoms with Gasteiger partial charge in [0.2, 0.25) is 11.8 Å². The maximum atomic E-state index is 14.1. The molecule has 0 aromatic heterocycles. The Labute approximate surface area is 243 Å². The SMILES string of the molecule is CCCCNC(=O)C(CC)N(Cc1ccc(F)cc1)C(=O)CN(c1ccc(C)cc1C)S(=O)(=O)c1ccc(C)cc1. The number of carbonyl (C=O) groups excluding carboxylic acids is 2. The largest absolute Gasteiger partial charge is 0.354 e. The fourth-order valence-corrected chi connectivity index (χ4v) is 6.13. The number of hydrogen-bond acceptors (Lipinski definition) is 4. The van der Waals surface area contributed by atoms with Crippen molar-refractivity contribution in [1.29, 1.82) is 0 Å². The Bertz CT molecular complexity index is 1440. The zero-order valence-corrected chi connectivity index (χ0v) is 25.3. The van der Waals surface area contributed by atoms with Crippen LogP contribution in [0, 0.1) is 26.6 Å². The van der Waals surface area contributed by atoms with Crippen LogP contribution in [0.15, 0.2) is 71.6 Å². The number of hydrogen-bond donors (Lipinski definition) is 1. The summed E-state index contributed by atoms with van der Waals surface area (Å²) >= 11 is 0. The molecular formula is C32H40FN3O4S. The third kappa shape index (κ3) is 8.16. The van der Waals surface area contributed by atoms with Crippen LogP contribution in [0.3, 0.4) is 0 Å². The van der Waals surface area contributed by atoms with Gasteiger partial charge in [-0.25, -0.2) is 12.8 Å². The maximum absolute atomic E-state index is 14.1. The molecule has 0 aliphatic heterocycles. The van der Waals surface area contributed by atoms with Crippen LogP contribution in [0.2, 0.25) is 0 Å². The van der Waals surface area contributed by atoms with Crippen LogP contribution in [0.5, 0.6) is 0 Å². The minimum atomic E-state index is -4.15. The molecule has 2 amide bonds. The molecule has 3 rings (SSSR count). The number of benzene rings is 3. The van der Waals surface area contributed by atoms with Crippen molar-refractivity contribution in [2.75, 3.05) is 17.4 Å². The quantitative estimate of drug-likeness (QED) is 0.264. The smallest absolute Gasteiger partial charge is 0.264 e. The topological polar surface area (TPSA) is 86.8 Å². The van der Waals surface area contributed by atoms with Crippen molar-refractivity contribution in [1.82, 2.24) is 10.2 Å².